The minimum absolute atomic E-state index is 0.125. The number of hydrogen-bond donors (Lipinski definition) is 1. The van der Waals surface area contributed by atoms with Crippen molar-refractivity contribution in [3.63, 3.8) is 0 Å². The lowest BCUT2D eigenvalue weighted by Gasteiger charge is -2.11. The molecule has 0 aliphatic carbocycles. The van der Waals surface area contributed by atoms with E-state index in [0.717, 1.165) is 5.69 Å². The maximum absolute atomic E-state index is 12.1. The normalized spacial score (nSPS) is 10.5. The van der Waals surface area contributed by atoms with Gasteiger partial charge in [-0.05, 0) is 31.2 Å². The number of methoxy groups -OCH3 is 2. The summed E-state index contributed by atoms with van der Waals surface area (Å²) < 4.78 is 17.9. The van der Waals surface area contributed by atoms with E-state index in [0.29, 0.717) is 28.6 Å². The molecule has 0 atom stereocenters. The fourth-order valence-corrected chi connectivity index (χ4v) is 2.48. The van der Waals surface area contributed by atoms with Crippen LogP contribution in [0.5, 0.6) is 17.2 Å². The number of nitrogens with one attached hydrogen (secondary N) is 1. The standard InChI is InChI=1S/C18H19N3O4/c1-12-10-21-8-4-5-15(18(21)19-12)25-11-17(22)20-13-6-7-14(23-2)16(9-13)24-3/h4-10H,11H2,1-3H3,(H,20,22). The molecule has 130 valence electrons. The zero-order valence-electron chi connectivity index (χ0n) is 14.3. The molecule has 0 saturated carbocycles. The van der Waals surface area contributed by atoms with Gasteiger partial charge in [-0.3, -0.25) is 4.79 Å². The second-order valence-electron chi connectivity index (χ2n) is 5.39. The van der Waals surface area contributed by atoms with Crippen molar-refractivity contribution in [2.75, 3.05) is 26.1 Å². The number of aromatic nitrogens is 2. The van der Waals surface area contributed by atoms with Gasteiger partial charge in [0.05, 0.1) is 19.9 Å². The lowest BCUT2D eigenvalue weighted by Crippen LogP contribution is -2.20. The maximum Gasteiger partial charge on any atom is 0.262 e. The van der Waals surface area contributed by atoms with Gasteiger partial charge in [0.2, 0.25) is 0 Å². The Morgan fingerprint density at radius 3 is 2.72 bits per heavy atom. The lowest BCUT2D eigenvalue weighted by molar-refractivity contribution is -0.118. The number of carbonyl (C=O) groups excluding carboxylic acids is 1. The van der Waals surface area contributed by atoms with Gasteiger partial charge in [0.15, 0.2) is 29.5 Å². The summed E-state index contributed by atoms with van der Waals surface area (Å²) >= 11 is 0. The predicted octanol–water partition coefficient (Wildman–Crippen LogP) is 2.68. The molecule has 0 unspecified atom stereocenters. The Hall–Kier alpha value is -3.22. The molecule has 3 rings (SSSR count). The Bertz CT molecular complexity index is 904. The molecule has 0 bridgehead atoms. The van der Waals surface area contributed by atoms with Crippen molar-refractivity contribution < 1.29 is 19.0 Å². The third kappa shape index (κ3) is 3.65. The van der Waals surface area contributed by atoms with Crippen molar-refractivity contribution >= 4 is 17.2 Å². The molecule has 0 aliphatic rings. The molecule has 25 heavy (non-hydrogen) atoms. The second kappa shape index (κ2) is 7.12. The van der Waals surface area contributed by atoms with Crippen LogP contribution in [0.15, 0.2) is 42.7 Å². The van der Waals surface area contributed by atoms with Crippen molar-refractivity contribution in [2.45, 2.75) is 6.92 Å². The van der Waals surface area contributed by atoms with Crippen LogP contribution in [0.25, 0.3) is 5.65 Å². The number of amides is 1. The molecule has 7 nitrogen and oxygen atoms in total. The van der Waals surface area contributed by atoms with Gasteiger partial charge >= 0.3 is 0 Å². The van der Waals surface area contributed by atoms with Gasteiger partial charge in [-0.1, -0.05) is 0 Å². The number of benzene rings is 1. The summed E-state index contributed by atoms with van der Waals surface area (Å²) in [6.07, 6.45) is 3.78. The first-order valence-corrected chi connectivity index (χ1v) is 7.69. The summed E-state index contributed by atoms with van der Waals surface area (Å²) in [6.45, 7) is 1.78. The number of imidazole rings is 1. The molecular formula is C18H19N3O4. The first-order chi connectivity index (χ1) is 12.1. The van der Waals surface area contributed by atoms with E-state index in [4.69, 9.17) is 14.2 Å². The SMILES string of the molecule is COc1ccc(NC(=O)COc2cccn3cc(C)nc23)cc1OC. The summed E-state index contributed by atoms with van der Waals surface area (Å²) in [5.74, 6) is 1.41. The molecule has 1 N–H and O–H groups in total. The van der Waals surface area contributed by atoms with Crippen LogP contribution in [0.2, 0.25) is 0 Å². The van der Waals surface area contributed by atoms with Gasteiger partial charge in [0.1, 0.15) is 0 Å². The number of hydrogen-bond acceptors (Lipinski definition) is 5. The number of carbonyl (C=O) groups is 1. The minimum Gasteiger partial charge on any atom is -0.493 e. The Labute approximate surface area is 145 Å². The number of aryl methyl sites for hydroxylation is 1. The molecule has 1 amide bonds. The number of fused-ring (bicyclic) bond motifs is 1. The van der Waals surface area contributed by atoms with E-state index in [1.54, 1.807) is 38.5 Å². The van der Waals surface area contributed by atoms with E-state index in [9.17, 15) is 4.79 Å². The number of pyridine rings is 1. The van der Waals surface area contributed by atoms with Crippen molar-refractivity contribution in [1.29, 1.82) is 0 Å². The Morgan fingerprint density at radius 1 is 1.16 bits per heavy atom. The fourth-order valence-electron chi connectivity index (χ4n) is 2.48. The summed E-state index contributed by atoms with van der Waals surface area (Å²) in [7, 11) is 3.10. The van der Waals surface area contributed by atoms with Crippen LogP contribution in [-0.4, -0.2) is 36.1 Å². The molecule has 1 aromatic carbocycles. The van der Waals surface area contributed by atoms with E-state index in [1.807, 2.05) is 29.8 Å². The van der Waals surface area contributed by atoms with Crippen molar-refractivity contribution in [2.24, 2.45) is 0 Å². The first kappa shape index (κ1) is 16.6. The van der Waals surface area contributed by atoms with Gasteiger partial charge in [-0.25, -0.2) is 4.98 Å². The monoisotopic (exact) mass is 341 g/mol. The predicted molar refractivity (Wildman–Crippen MR) is 93.6 cm³/mol. The van der Waals surface area contributed by atoms with Crippen molar-refractivity contribution in [3.05, 3.63) is 48.4 Å². The summed E-state index contributed by atoms with van der Waals surface area (Å²) in [4.78, 5) is 16.5. The average molecular weight is 341 g/mol. The van der Waals surface area contributed by atoms with Crippen molar-refractivity contribution in [3.8, 4) is 17.2 Å². The van der Waals surface area contributed by atoms with Crippen LogP contribution in [0.1, 0.15) is 5.69 Å². The molecular weight excluding hydrogens is 322 g/mol. The third-order valence-corrected chi connectivity index (χ3v) is 3.59. The van der Waals surface area contributed by atoms with Crippen LogP contribution in [0.4, 0.5) is 5.69 Å². The maximum atomic E-state index is 12.1. The third-order valence-electron chi connectivity index (χ3n) is 3.59. The minimum atomic E-state index is -0.280. The van der Waals surface area contributed by atoms with Crippen LogP contribution >= 0.6 is 0 Å². The highest BCUT2D eigenvalue weighted by molar-refractivity contribution is 5.92. The molecule has 2 heterocycles. The number of ether oxygens (including phenoxy) is 3. The molecule has 0 saturated heterocycles. The summed E-state index contributed by atoms with van der Waals surface area (Å²) in [5.41, 5.74) is 2.16. The van der Waals surface area contributed by atoms with Gasteiger partial charge in [0, 0.05) is 24.1 Å². The van der Waals surface area contributed by atoms with Crippen LogP contribution in [0.3, 0.4) is 0 Å². The van der Waals surface area contributed by atoms with Gasteiger partial charge in [0.25, 0.3) is 5.91 Å². The zero-order valence-corrected chi connectivity index (χ0v) is 14.3. The Morgan fingerprint density at radius 2 is 1.96 bits per heavy atom. The molecule has 0 fully saturated rings. The smallest absolute Gasteiger partial charge is 0.262 e. The van der Waals surface area contributed by atoms with Gasteiger partial charge in [-0.2, -0.15) is 0 Å². The van der Waals surface area contributed by atoms with Crippen molar-refractivity contribution in [1.82, 2.24) is 9.38 Å². The van der Waals surface area contributed by atoms with E-state index in [2.05, 4.69) is 10.3 Å². The van der Waals surface area contributed by atoms with Crippen LogP contribution in [0, 0.1) is 6.92 Å². The highest BCUT2D eigenvalue weighted by Crippen LogP contribution is 2.29. The van der Waals surface area contributed by atoms with Gasteiger partial charge < -0.3 is 23.9 Å². The van der Waals surface area contributed by atoms with Crippen LogP contribution in [-0.2, 0) is 4.79 Å². The molecule has 7 heteroatoms. The zero-order chi connectivity index (χ0) is 17.8. The topological polar surface area (TPSA) is 74.1 Å². The van der Waals surface area contributed by atoms with E-state index in [-0.39, 0.29) is 12.5 Å². The fraction of sp³-hybridized carbons (Fsp3) is 0.222. The second-order valence-corrected chi connectivity index (χ2v) is 5.39. The van der Waals surface area contributed by atoms with E-state index < -0.39 is 0 Å². The van der Waals surface area contributed by atoms with E-state index >= 15 is 0 Å². The molecule has 2 aromatic heterocycles. The highest BCUT2D eigenvalue weighted by atomic mass is 16.5. The largest absolute Gasteiger partial charge is 0.493 e. The lowest BCUT2D eigenvalue weighted by atomic mass is 10.2. The molecule has 0 aliphatic heterocycles. The van der Waals surface area contributed by atoms with Crippen LogP contribution < -0.4 is 19.5 Å². The van der Waals surface area contributed by atoms with Gasteiger partial charge in [-0.15, -0.1) is 0 Å². The molecule has 0 spiro atoms. The summed E-state index contributed by atoms with van der Waals surface area (Å²) in [5, 5.41) is 2.76. The number of nitrogens with zero attached hydrogens (tertiary/aromatic N) is 2. The first-order valence-electron chi connectivity index (χ1n) is 7.69. The Kier molecular flexibility index (Phi) is 4.74. The van der Waals surface area contributed by atoms with E-state index in [1.165, 1.54) is 0 Å². The number of anilines is 1. The quantitative estimate of drug-likeness (QED) is 0.746. The number of rotatable bonds is 6. The average Bonchev–Trinajstić information content (AvgIpc) is 3.00. The molecule has 3 aromatic rings. The molecule has 0 radical (unpaired) electrons. The highest BCUT2D eigenvalue weighted by Gasteiger charge is 2.10. The summed E-state index contributed by atoms with van der Waals surface area (Å²) in [6, 6.07) is 8.78. The Balaban J connectivity index is 1.66.